The molecule has 0 amide bonds. The summed E-state index contributed by atoms with van der Waals surface area (Å²) in [7, 11) is 1.94. The Morgan fingerprint density at radius 2 is 2.00 bits per heavy atom. The van der Waals surface area contributed by atoms with Crippen LogP contribution in [0.15, 0.2) is 6.20 Å². The van der Waals surface area contributed by atoms with Crippen molar-refractivity contribution in [2.24, 2.45) is 5.92 Å². The summed E-state index contributed by atoms with van der Waals surface area (Å²) in [5.41, 5.74) is 1.03. The van der Waals surface area contributed by atoms with Gasteiger partial charge >= 0.3 is 0 Å². The van der Waals surface area contributed by atoms with Crippen LogP contribution < -0.4 is 5.32 Å². The minimum atomic E-state index is 0.522. The summed E-state index contributed by atoms with van der Waals surface area (Å²) >= 11 is 0. The van der Waals surface area contributed by atoms with Gasteiger partial charge in [0.05, 0.1) is 17.9 Å². The Hall–Kier alpha value is -0.980. The van der Waals surface area contributed by atoms with E-state index in [9.17, 15) is 0 Å². The summed E-state index contributed by atoms with van der Waals surface area (Å²) in [6.45, 7) is 6.32. The number of nitrogens with zero attached hydrogens (tertiary/aromatic N) is 4. The van der Waals surface area contributed by atoms with Gasteiger partial charge in [-0.3, -0.25) is 0 Å². The first kappa shape index (κ1) is 14.9. The van der Waals surface area contributed by atoms with E-state index in [1.807, 2.05) is 7.05 Å². The summed E-state index contributed by atoms with van der Waals surface area (Å²) in [5.74, 6) is 0.837. The highest BCUT2D eigenvalue weighted by atomic mass is 16.5. The Labute approximate surface area is 126 Å². The summed E-state index contributed by atoms with van der Waals surface area (Å²) in [5, 5.41) is 11.6. The SMILES string of the molecule is CNCc1cn(C2CCN(CC3CCOCC3)CC2)nn1. The maximum Gasteiger partial charge on any atom is 0.0964 e. The fraction of sp³-hybridized carbons (Fsp3) is 0.867. The van der Waals surface area contributed by atoms with Crippen molar-refractivity contribution >= 4 is 0 Å². The van der Waals surface area contributed by atoms with Crippen LogP contribution in [0.25, 0.3) is 0 Å². The second-order valence-corrected chi connectivity index (χ2v) is 6.31. The Kier molecular flexibility index (Phi) is 5.22. The topological polar surface area (TPSA) is 55.2 Å². The van der Waals surface area contributed by atoms with Crippen LogP contribution in [0.5, 0.6) is 0 Å². The molecule has 2 aliphatic heterocycles. The molecule has 1 aromatic rings. The molecule has 0 radical (unpaired) electrons. The second kappa shape index (κ2) is 7.33. The average Bonchev–Trinajstić information content (AvgIpc) is 2.98. The fourth-order valence-corrected chi connectivity index (χ4v) is 3.41. The molecule has 2 saturated heterocycles. The van der Waals surface area contributed by atoms with E-state index in [4.69, 9.17) is 4.74 Å². The summed E-state index contributed by atoms with van der Waals surface area (Å²) < 4.78 is 7.51. The first-order valence-corrected chi connectivity index (χ1v) is 8.20. The van der Waals surface area contributed by atoms with Crippen molar-refractivity contribution in [3.05, 3.63) is 11.9 Å². The molecular formula is C15H27N5O. The molecule has 2 aliphatic rings. The molecule has 6 nitrogen and oxygen atoms in total. The molecule has 3 rings (SSSR count). The quantitative estimate of drug-likeness (QED) is 0.880. The zero-order valence-corrected chi connectivity index (χ0v) is 13.0. The van der Waals surface area contributed by atoms with E-state index in [1.165, 1.54) is 45.3 Å². The summed E-state index contributed by atoms with van der Waals surface area (Å²) in [4.78, 5) is 2.62. The number of piperidine rings is 1. The van der Waals surface area contributed by atoms with E-state index < -0.39 is 0 Å². The number of hydrogen-bond donors (Lipinski definition) is 1. The predicted molar refractivity (Wildman–Crippen MR) is 81.0 cm³/mol. The second-order valence-electron chi connectivity index (χ2n) is 6.31. The Bertz CT molecular complexity index is 421. The van der Waals surface area contributed by atoms with Gasteiger partial charge in [-0.25, -0.2) is 4.68 Å². The van der Waals surface area contributed by atoms with Crippen LogP contribution in [0, 0.1) is 5.92 Å². The smallest absolute Gasteiger partial charge is 0.0964 e. The van der Waals surface area contributed by atoms with E-state index in [0.717, 1.165) is 31.4 Å². The lowest BCUT2D eigenvalue weighted by molar-refractivity contribution is 0.0467. The number of nitrogens with one attached hydrogen (secondary N) is 1. The van der Waals surface area contributed by atoms with Crippen molar-refractivity contribution in [2.45, 2.75) is 38.3 Å². The third-order valence-electron chi connectivity index (χ3n) is 4.70. The Balaban J connectivity index is 1.45. The van der Waals surface area contributed by atoms with Crippen molar-refractivity contribution in [3.63, 3.8) is 0 Å². The Morgan fingerprint density at radius 1 is 1.24 bits per heavy atom. The number of rotatable bonds is 5. The van der Waals surface area contributed by atoms with Gasteiger partial charge in [0.1, 0.15) is 0 Å². The lowest BCUT2D eigenvalue weighted by Crippen LogP contribution is -2.39. The van der Waals surface area contributed by atoms with Crippen molar-refractivity contribution < 1.29 is 4.74 Å². The third kappa shape index (κ3) is 4.02. The first-order valence-electron chi connectivity index (χ1n) is 8.20. The van der Waals surface area contributed by atoms with Crippen molar-refractivity contribution in [1.82, 2.24) is 25.2 Å². The van der Waals surface area contributed by atoms with E-state index in [1.54, 1.807) is 0 Å². The summed E-state index contributed by atoms with van der Waals surface area (Å²) in [6, 6.07) is 0.522. The fourth-order valence-electron chi connectivity index (χ4n) is 3.41. The largest absolute Gasteiger partial charge is 0.381 e. The van der Waals surface area contributed by atoms with Gasteiger partial charge in [-0.05, 0) is 38.6 Å². The molecule has 3 heterocycles. The molecule has 0 unspecified atom stereocenters. The number of likely N-dealkylation sites (tertiary alicyclic amines) is 1. The molecular weight excluding hydrogens is 266 g/mol. The molecule has 0 bridgehead atoms. The molecule has 0 spiro atoms. The predicted octanol–water partition coefficient (Wildman–Crippen LogP) is 1.06. The van der Waals surface area contributed by atoms with Gasteiger partial charge in [0.25, 0.3) is 0 Å². The number of aromatic nitrogens is 3. The minimum absolute atomic E-state index is 0.522. The zero-order valence-electron chi connectivity index (χ0n) is 13.0. The van der Waals surface area contributed by atoms with E-state index in [2.05, 4.69) is 31.4 Å². The molecule has 1 aromatic heterocycles. The van der Waals surface area contributed by atoms with Gasteiger partial charge in [0.2, 0.25) is 0 Å². The van der Waals surface area contributed by atoms with Gasteiger partial charge in [0.15, 0.2) is 0 Å². The molecule has 0 aliphatic carbocycles. The van der Waals surface area contributed by atoms with Crippen molar-refractivity contribution in [2.75, 3.05) is 39.9 Å². The number of hydrogen-bond acceptors (Lipinski definition) is 5. The Morgan fingerprint density at radius 3 is 2.71 bits per heavy atom. The third-order valence-corrected chi connectivity index (χ3v) is 4.70. The van der Waals surface area contributed by atoms with Crippen LogP contribution in [0.2, 0.25) is 0 Å². The van der Waals surface area contributed by atoms with Crippen LogP contribution in [-0.4, -0.2) is 59.8 Å². The first-order chi connectivity index (χ1) is 10.3. The molecule has 1 N–H and O–H groups in total. The maximum absolute atomic E-state index is 5.44. The lowest BCUT2D eigenvalue weighted by atomic mass is 9.97. The highest BCUT2D eigenvalue weighted by molar-refractivity contribution is 4.93. The molecule has 0 atom stereocenters. The molecule has 21 heavy (non-hydrogen) atoms. The van der Waals surface area contributed by atoms with Crippen LogP contribution in [0.3, 0.4) is 0 Å². The zero-order chi connectivity index (χ0) is 14.5. The van der Waals surface area contributed by atoms with Gasteiger partial charge in [-0.2, -0.15) is 0 Å². The standard InChI is InChI=1S/C15H27N5O/c1-16-10-14-12-20(18-17-14)15-2-6-19(7-3-15)11-13-4-8-21-9-5-13/h12-13,15-16H,2-11H2,1H3. The van der Waals surface area contributed by atoms with Gasteiger partial charge < -0.3 is 15.0 Å². The highest BCUT2D eigenvalue weighted by Gasteiger charge is 2.24. The molecule has 0 saturated carbocycles. The van der Waals surface area contributed by atoms with E-state index in [-0.39, 0.29) is 0 Å². The van der Waals surface area contributed by atoms with Gasteiger partial charge in [-0.15, -0.1) is 5.10 Å². The average molecular weight is 293 g/mol. The van der Waals surface area contributed by atoms with Gasteiger partial charge in [-0.1, -0.05) is 5.21 Å². The van der Waals surface area contributed by atoms with Crippen LogP contribution in [-0.2, 0) is 11.3 Å². The van der Waals surface area contributed by atoms with Gasteiger partial charge in [0, 0.05) is 39.4 Å². The molecule has 0 aromatic carbocycles. The van der Waals surface area contributed by atoms with Crippen molar-refractivity contribution in [1.29, 1.82) is 0 Å². The molecule has 118 valence electrons. The monoisotopic (exact) mass is 293 g/mol. The minimum Gasteiger partial charge on any atom is -0.381 e. The van der Waals surface area contributed by atoms with Crippen LogP contribution in [0.1, 0.15) is 37.4 Å². The lowest BCUT2D eigenvalue weighted by Gasteiger charge is -2.35. The van der Waals surface area contributed by atoms with Crippen molar-refractivity contribution in [3.8, 4) is 0 Å². The van der Waals surface area contributed by atoms with Crippen LogP contribution >= 0.6 is 0 Å². The van der Waals surface area contributed by atoms with E-state index in [0.29, 0.717) is 6.04 Å². The molecule has 6 heteroatoms. The maximum atomic E-state index is 5.44. The summed E-state index contributed by atoms with van der Waals surface area (Å²) in [6.07, 6.45) is 6.93. The van der Waals surface area contributed by atoms with E-state index >= 15 is 0 Å². The highest BCUT2D eigenvalue weighted by Crippen LogP contribution is 2.24. The number of ether oxygens (including phenoxy) is 1. The normalized spacial score (nSPS) is 22.7. The van der Waals surface area contributed by atoms with Crippen LogP contribution in [0.4, 0.5) is 0 Å². The molecule has 2 fully saturated rings.